The normalized spacial score (nSPS) is 21.1. The number of benzene rings is 4. The Labute approximate surface area is 238 Å². The van der Waals surface area contributed by atoms with Crippen LogP contribution in [0.25, 0.3) is 0 Å². The predicted molar refractivity (Wildman–Crippen MR) is 158 cm³/mol. The van der Waals surface area contributed by atoms with Crippen molar-refractivity contribution >= 4 is 15.9 Å². The molecule has 0 spiro atoms. The largest absolute Gasteiger partial charge is 0.393 e. The Morgan fingerprint density at radius 2 is 1.36 bits per heavy atom. The molecule has 3 atom stereocenters. The van der Waals surface area contributed by atoms with Gasteiger partial charge in [0.1, 0.15) is 11.1 Å². The van der Waals surface area contributed by atoms with Crippen LogP contribution in [0.3, 0.4) is 0 Å². The molecule has 0 amide bonds. The maximum absolute atomic E-state index is 10.6. The predicted octanol–water partition coefficient (Wildman–Crippen LogP) is 6.67. The van der Waals surface area contributed by atoms with Crippen LogP contribution in [0.4, 0.5) is 0 Å². The summed E-state index contributed by atoms with van der Waals surface area (Å²) in [6.07, 6.45) is 1.78. The van der Waals surface area contributed by atoms with Crippen LogP contribution in [0.15, 0.2) is 132 Å². The number of aliphatic hydroxyl groups is 1. The number of ether oxygens (including phenoxy) is 1. The van der Waals surface area contributed by atoms with Gasteiger partial charge in [-0.05, 0) is 34.4 Å². The molecule has 0 unspecified atom stereocenters. The number of aliphatic hydroxyl groups excluding tert-OH is 1. The second kappa shape index (κ2) is 11.7. The fraction of sp³-hybridized carbons (Fsp3) is 0.206. The molecule has 1 aliphatic heterocycles. The van der Waals surface area contributed by atoms with Gasteiger partial charge < -0.3 is 9.84 Å². The van der Waals surface area contributed by atoms with Gasteiger partial charge in [-0.1, -0.05) is 125 Å². The molecule has 5 heteroatoms. The topological polar surface area (TPSA) is 56.5 Å². The monoisotopic (exact) mass is 578 g/mol. The first-order valence-electron chi connectivity index (χ1n) is 13.1. The average molecular weight is 580 g/mol. The van der Waals surface area contributed by atoms with Gasteiger partial charge in [-0.3, -0.25) is 4.90 Å². The zero-order valence-electron chi connectivity index (χ0n) is 21.7. The molecule has 1 aliphatic rings. The fourth-order valence-electron chi connectivity index (χ4n) is 6.02. The minimum atomic E-state index is -1.06. The SMILES string of the molecule is C=CCN1[C@@H](COC(c2ccccc2)(c2ccccc2)c2ccccc2)[C@@H](c2ccc(Br)cc2)[C@]1(C#N)CO. The minimum absolute atomic E-state index is 0.161. The van der Waals surface area contributed by atoms with E-state index in [1.54, 1.807) is 6.08 Å². The Hall–Kier alpha value is -3.53. The van der Waals surface area contributed by atoms with Crippen LogP contribution in [0, 0.1) is 11.3 Å². The Morgan fingerprint density at radius 1 is 0.872 bits per heavy atom. The van der Waals surface area contributed by atoms with Crippen molar-refractivity contribution in [1.29, 1.82) is 5.26 Å². The smallest absolute Gasteiger partial charge is 0.143 e. The maximum Gasteiger partial charge on any atom is 0.143 e. The molecule has 4 nitrogen and oxygen atoms in total. The first-order valence-corrected chi connectivity index (χ1v) is 13.9. The number of rotatable bonds is 10. The summed E-state index contributed by atoms with van der Waals surface area (Å²) >= 11 is 3.52. The Kier molecular flexibility index (Phi) is 8.11. The molecule has 1 heterocycles. The summed E-state index contributed by atoms with van der Waals surface area (Å²) in [6, 6.07) is 41.1. The lowest BCUT2D eigenvalue weighted by Crippen LogP contribution is -2.74. The first-order chi connectivity index (χ1) is 19.1. The van der Waals surface area contributed by atoms with E-state index in [0.717, 1.165) is 26.7 Å². The standard InChI is InChI=1S/C34H31BrN2O2/c1-2-22-37-31(32(33(37,24-36)25-38)26-18-20-30(35)21-19-26)23-39-34(27-12-6-3-7-13-27,28-14-8-4-9-15-28)29-16-10-5-11-17-29/h2-21,31-32,38H,1,22-23,25H2/t31-,32+,33-/m0/s1. The van der Waals surface area contributed by atoms with E-state index in [1.165, 1.54) is 0 Å². The molecule has 0 saturated carbocycles. The van der Waals surface area contributed by atoms with Crippen LogP contribution in [0.5, 0.6) is 0 Å². The second-order valence-corrected chi connectivity index (χ2v) is 10.7. The van der Waals surface area contributed by atoms with Crippen molar-refractivity contribution in [2.45, 2.75) is 23.1 Å². The number of halogens is 1. The van der Waals surface area contributed by atoms with Crippen LogP contribution in [-0.2, 0) is 10.3 Å². The van der Waals surface area contributed by atoms with Gasteiger partial charge in [0, 0.05) is 23.0 Å². The molecule has 1 fully saturated rings. The highest BCUT2D eigenvalue weighted by Crippen LogP contribution is 2.50. The third-order valence-corrected chi connectivity index (χ3v) is 8.34. The second-order valence-electron chi connectivity index (χ2n) is 9.82. The summed E-state index contributed by atoms with van der Waals surface area (Å²) in [5.41, 5.74) is 2.11. The van der Waals surface area contributed by atoms with Crippen molar-refractivity contribution in [2.75, 3.05) is 19.8 Å². The molecule has 0 aromatic heterocycles. The quantitative estimate of drug-likeness (QED) is 0.169. The highest BCUT2D eigenvalue weighted by molar-refractivity contribution is 9.10. The maximum atomic E-state index is 10.6. The zero-order chi connectivity index (χ0) is 27.3. The number of hydrogen-bond acceptors (Lipinski definition) is 4. The number of nitrogens with zero attached hydrogens (tertiary/aromatic N) is 2. The van der Waals surface area contributed by atoms with E-state index in [2.05, 4.69) is 65.0 Å². The van der Waals surface area contributed by atoms with Crippen molar-refractivity contribution < 1.29 is 9.84 Å². The van der Waals surface area contributed by atoms with E-state index in [9.17, 15) is 10.4 Å². The summed E-state index contributed by atoms with van der Waals surface area (Å²) in [4.78, 5) is 2.03. The summed E-state index contributed by atoms with van der Waals surface area (Å²) in [5, 5.41) is 20.9. The lowest BCUT2D eigenvalue weighted by Gasteiger charge is -2.60. The first kappa shape index (κ1) is 27.1. The summed E-state index contributed by atoms with van der Waals surface area (Å²) in [7, 11) is 0. The lowest BCUT2D eigenvalue weighted by atomic mass is 9.65. The van der Waals surface area contributed by atoms with E-state index < -0.39 is 11.1 Å². The van der Waals surface area contributed by atoms with E-state index in [4.69, 9.17) is 4.74 Å². The minimum Gasteiger partial charge on any atom is -0.393 e. The van der Waals surface area contributed by atoms with Gasteiger partial charge in [0.15, 0.2) is 0 Å². The molecule has 0 radical (unpaired) electrons. The third kappa shape index (κ3) is 4.75. The molecule has 4 aromatic carbocycles. The molecular formula is C34H31BrN2O2. The van der Waals surface area contributed by atoms with Gasteiger partial charge in [-0.15, -0.1) is 6.58 Å². The van der Waals surface area contributed by atoms with Gasteiger partial charge in [0.2, 0.25) is 0 Å². The fourth-order valence-corrected chi connectivity index (χ4v) is 6.28. The van der Waals surface area contributed by atoms with E-state index in [0.29, 0.717) is 13.2 Å². The summed E-state index contributed by atoms with van der Waals surface area (Å²) in [6.45, 7) is 4.44. The molecule has 0 aliphatic carbocycles. The molecule has 1 saturated heterocycles. The van der Waals surface area contributed by atoms with E-state index >= 15 is 0 Å². The molecule has 0 bridgehead atoms. The number of likely N-dealkylation sites (tertiary alicyclic amines) is 1. The highest BCUT2D eigenvalue weighted by atomic mass is 79.9. The highest BCUT2D eigenvalue weighted by Gasteiger charge is 2.61. The van der Waals surface area contributed by atoms with Crippen molar-refractivity contribution in [1.82, 2.24) is 4.90 Å². The zero-order valence-corrected chi connectivity index (χ0v) is 23.2. The van der Waals surface area contributed by atoms with Crippen molar-refractivity contribution in [3.8, 4) is 6.07 Å². The Morgan fingerprint density at radius 3 is 1.77 bits per heavy atom. The Bertz CT molecular complexity index is 1320. The third-order valence-electron chi connectivity index (χ3n) is 7.81. The van der Waals surface area contributed by atoms with Crippen molar-refractivity contribution in [2.24, 2.45) is 0 Å². The Balaban J connectivity index is 1.62. The average Bonchev–Trinajstić information content (AvgIpc) is 3.00. The van der Waals surface area contributed by atoms with Crippen LogP contribution < -0.4 is 0 Å². The van der Waals surface area contributed by atoms with Gasteiger partial charge in [-0.2, -0.15) is 5.26 Å². The molecule has 4 aromatic rings. The van der Waals surface area contributed by atoms with Gasteiger partial charge in [0.25, 0.3) is 0 Å². The van der Waals surface area contributed by atoms with Crippen LogP contribution >= 0.6 is 15.9 Å². The number of hydrogen-bond donors (Lipinski definition) is 1. The van der Waals surface area contributed by atoms with E-state index in [1.807, 2.05) is 83.8 Å². The van der Waals surface area contributed by atoms with Gasteiger partial charge in [0.05, 0.1) is 19.3 Å². The molecule has 196 valence electrons. The van der Waals surface area contributed by atoms with Crippen molar-refractivity contribution in [3.63, 3.8) is 0 Å². The molecule has 1 N–H and O–H groups in total. The van der Waals surface area contributed by atoms with Gasteiger partial charge in [-0.25, -0.2) is 0 Å². The number of nitriles is 1. The van der Waals surface area contributed by atoms with Crippen LogP contribution in [0.2, 0.25) is 0 Å². The molecule has 5 rings (SSSR count). The lowest BCUT2D eigenvalue weighted by molar-refractivity contribution is -0.131. The summed E-state index contributed by atoms with van der Waals surface area (Å²) in [5.74, 6) is -0.249. The van der Waals surface area contributed by atoms with Crippen LogP contribution in [0.1, 0.15) is 28.2 Å². The van der Waals surface area contributed by atoms with Crippen LogP contribution in [-0.4, -0.2) is 41.3 Å². The summed E-state index contributed by atoms with van der Waals surface area (Å²) < 4.78 is 8.11. The van der Waals surface area contributed by atoms with E-state index in [-0.39, 0.29) is 18.6 Å². The van der Waals surface area contributed by atoms with Gasteiger partial charge >= 0.3 is 0 Å². The van der Waals surface area contributed by atoms with Crippen molar-refractivity contribution in [3.05, 3.63) is 155 Å². The molecule has 39 heavy (non-hydrogen) atoms. The molecular weight excluding hydrogens is 548 g/mol.